The third-order valence-corrected chi connectivity index (χ3v) is 4.58. The molecule has 0 unspecified atom stereocenters. The van der Waals surface area contributed by atoms with E-state index < -0.39 is 10.9 Å². The number of amides is 2. The number of benzene rings is 2. The van der Waals surface area contributed by atoms with Crippen molar-refractivity contribution < 1.29 is 24.0 Å². The van der Waals surface area contributed by atoms with E-state index in [1.807, 2.05) is 0 Å². The van der Waals surface area contributed by atoms with E-state index in [1.54, 1.807) is 31.2 Å². The summed E-state index contributed by atoms with van der Waals surface area (Å²) >= 11 is 0. The molecule has 2 amide bonds. The minimum atomic E-state index is -0.626. The molecule has 0 spiro atoms. The van der Waals surface area contributed by atoms with Crippen molar-refractivity contribution in [3.63, 3.8) is 0 Å². The Labute approximate surface area is 177 Å². The van der Waals surface area contributed by atoms with Gasteiger partial charge in [-0.2, -0.15) is 5.10 Å². The topological polar surface area (TPSA) is 131 Å². The molecule has 160 valence electrons. The van der Waals surface area contributed by atoms with Crippen molar-refractivity contribution in [1.82, 2.24) is 4.90 Å². The van der Waals surface area contributed by atoms with Gasteiger partial charge in [-0.1, -0.05) is 12.1 Å². The molecule has 0 aromatic heterocycles. The number of carbonyl (C=O) groups is 3. The minimum absolute atomic E-state index is 0.0684. The highest BCUT2D eigenvalue weighted by atomic mass is 16.6. The van der Waals surface area contributed by atoms with Crippen molar-refractivity contribution in [2.24, 2.45) is 5.10 Å². The third-order valence-electron chi connectivity index (χ3n) is 4.58. The maximum Gasteiger partial charge on any atom is 0.354 e. The summed E-state index contributed by atoms with van der Waals surface area (Å²) in [4.78, 5) is 48.4. The molecule has 1 heterocycles. The highest BCUT2D eigenvalue weighted by molar-refractivity contribution is 6.36. The Morgan fingerprint density at radius 1 is 1.10 bits per heavy atom. The normalized spacial score (nSPS) is 13.2. The fourth-order valence-corrected chi connectivity index (χ4v) is 3.05. The summed E-state index contributed by atoms with van der Waals surface area (Å²) in [6.45, 7) is 1.95. The molecular weight excluding hydrogens is 404 g/mol. The molecule has 0 atom stereocenters. The van der Waals surface area contributed by atoms with Crippen molar-refractivity contribution in [2.45, 2.75) is 19.8 Å². The van der Waals surface area contributed by atoms with Crippen LogP contribution >= 0.6 is 0 Å². The summed E-state index contributed by atoms with van der Waals surface area (Å²) in [6, 6.07) is 12.1. The van der Waals surface area contributed by atoms with Crippen molar-refractivity contribution in [3.05, 3.63) is 69.8 Å². The van der Waals surface area contributed by atoms with Gasteiger partial charge >= 0.3 is 5.97 Å². The predicted molar refractivity (Wildman–Crippen MR) is 112 cm³/mol. The minimum Gasteiger partial charge on any atom is -0.461 e. The first kappa shape index (κ1) is 21.6. The molecule has 0 aliphatic carbocycles. The van der Waals surface area contributed by atoms with Gasteiger partial charge in [0.1, 0.15) is 5.71 Å². The van der Waals surface area contributed by atoms with Crippen molar-refractivity contribution in [2.75, 3.05) is 18.6 Å². The zero-order valence-electron chi connectivity index (χ0n) is 16.7. The smallest absolute Gasteiger partial charge is 0.354 e. The zero-order valence-corrected chi connectivity index (χ0v) is 16.7. The zero-order chi connectivity index (χ0) is 22.4. The van der Waals surface area contributed by atoms with Gasteiger partial charge < -0.3 is 4.74 Å². The number of carbonyl (C=O) groups excluding carboxylic acids is 3. The number of anilines is 1. The Kier molecular flexibility index (Phi) is 6.71. The van der Waals surface area contributed by atoms with Crippen LogP contribution in [0.25, 0.3) is 0 Å². The Balaban J connectivity index is 1.64. The number of nitro benzene ring substituents is 1. The lowest BCUT2D eigenvalue weighted by atomic mass is 10.1. The van der Waals surface area contributed by atoms with Crippen LogP contribution < -0.4 is 5.43 Å². The van der Waals surface area contributed by atoms with Gasteiger partial charge in [-0.05, 0) is 37.6 Å². The highest BCUT2D eigenvalue weighted by Gasteiger charge is 2.34. The number of non-ortho nitro benzene ring substituents is 1. The van der Waals surface area contributed by atoms with E-state index in [2.05, 4.69) is 10.5 Å². The molecule has 10 nitrogen and oxygen atoms in total. The maximum absolute atomic E-state index is 12.4. The number of esters is 1. The van der Waals surface area contributed by atoms with Gasteiger partial charge in [-0.25, -0.2) is 4.79 Å². The van der Waals surface area contributed by atoms with E-state index in [1.165, 1.54) is 24.3 Å². The van der Waals surface area contributed by atoms with Crippen LogP contribution in [0.3, 0.4) is 0 Å². The fraction of sp³-hybridized carbons (Fsp3) is 0.238. The molecule has 2 aromatic rings. The van der Waals surface area contributed by atoms with Gasteiger partial charge in [-0.3, -0.25) is 30.0 Å². The number of ether oxygens (including phenoxy) is 1. The van der Waals surface area contributed by atoms with E-state index in [4.69, 9.17) is 4.74 Å². The van der Waals surface area contributed by atoms with Crippen LogP contribution in [0.1, 0.15) is 40.5 Å². The van der Waals surface area contributed by atoms with E-state index in [0.717, 1.165) is 4.90 Å². The molecule has 10 heteroatoms. The van der Waals surface area contributed by atoms with Crippen LogP contribution in [-0.2, 0) is 9.53 Å². The second-order valence-corrected chi connectivity index (χ2v) is 6.61. The monoisotopic (exact) mass is 424 g/mol. The van der Waals surface area contributed by atoms with E-state index >= 15 is 0 Å². The molecular formula is C21H20N4O6. The summed E-state index contributed by atoms with van der Waals surface area (Å²) in [5.41, 5.74) is 3.88. The number of nitrogens with one attached hydrogen (secondary N) is 1. The number of fused-ring (bicyclic) bond motifs is 1. The molecule has 2 aromatic carbocycles. The first-order valence-corrected chi connectivity index (χ1v) is 9.61. The first-order chi connectivity index (χ1) is 14.9. The maximum atomic E-state index is 12.4. The third kappa shape index (κ3) is 4.92. The summed E-state index contributed by atoms with van der Waals surface area (Å²) in [6.07, 6.45) is 0.470. The highest BCUT2D eigenvalue weighted by Crippen LogP contribution is 2.22. The average molecular weight is 424 g/mol. The van der Waals surface area contributed by atoms with Crippen molar-refractivity contribution in [1.29, 1.82) is 0 Å². The molecule has 0 saturated carbocycles. The van der Waals surface area contributed by atoms with Crippen LogP contribution in [0, 0.1) is 10.1 Å². The first-order valence-electron chi connectivity index (χ1n) is 9.61. The van der Waals surface area contributed by atoms with Gasteiger partial charge in [0.05, 0.1) is 28.3 Å². The lowest BCUT2D eigenvalue weighted by Crippen LogP contribution is -2.31. The number of imide groups is 1. The summed E-state index contributed by atoms with van der Waals surface area (Å²) < 4.78 is 5.01. The Hall–Kier alpha value is -4.08. The number of hydrogen-bond donors (Lipinski definition) is 1. The molecule has 0 radical (unpaired) electrons. The SMILES string of the molecule is CCOC(=O)/C(CCCN1C(=O)c2ccccc2C1=O)=N\Nc1ccc([N+](=O)[O-])cc1. The van der Waals surface area contributed by atoms with E-state index in [0.29, 0.717) is 23.2 Å². The van der Waals surface area contributed by atoms with Crippen LogP contribution in [0.5, 0.6) is 0 Å². The summed E-state index contributed by atoms with van der Waals surface area (Å²) in [5.74, 6) is -1.35. The van der Waals surface area contributed by atoms with E-state index in [-0.39, 0.29) is 42.8 Å². The summed E-state index contributed by atoms with van der Waals surface area (Å²) in [7, 11) is 0. The number of nitro groups is 1. The van der Waals surface area contributed by atoms with Crippen molar-refractivity contribution in [3.8, 4) is 0 Å². The molecule has 1 N–H and O–H groups in total. The molecule has 1 aliphatic heterocycles. The lowest BCUT2D eigenvalue weighted by molar-refractivity contribution is -0.384. The van der Waals surface area contributed by atoms with Crippen LogP contribution in [0.2, 0.25) is 0 Å². The number of hydrogen-bond acceptors (Lipinski definition) is 8. The Morgan fingerprint density at radius 2 is 1.71 bits per heavy atom. The fourth-order valence-electron chi connectivity index (χ4n) is 3.05. The number of hydrazone groups is 1. The average Bonchev–Trinajstić information content (AvgIpc) is 3.01. The standard InChI is InChI=1S/C21H20N4O6/c1-2-31-21(28)18(23-22-14-9-11-15(12-10-14)25(29)30)8-5-13-24-19(26)16-6-3-4-7-17(16)20(24)27/h3-4,6-7,9-12,22H,2,5,8,13H2,1H3/b23-18-. The quantitative estimate of drug-likeness (QED) is 0.215. The Morgan fingerprint density at radius 3 is 2.26 bits per heavy atom. The van der Waals surface area contributed by atoms with Crippen LogP contribution in [-0.4, -0.2) is 46.5 Å². The van der Waals surface area contributed by atoms with Crippen molar-refractivity contribution >= 4 is 34.9 Å². The van der Waals surface area contributed by atoms with Crippen LogP contribution in [0.4, 0.5) is 11.4 Å². The largest absolute Gasteiger partial charge is 0.461 e. The van der Waals surface area contributed by atoms with Gasteiger partial charge in [-0.15, -0.1) is 0 Å². The van der Waals surface area contributed by atoms with Gasteiger partial charge in [0.15, 0.2) is 0 Å². The second-order valence-electron chi connectivity index (χ2n) is 6.61. The van der Waals surface area contributed by atoms with Crippen LogP contribution in [0.15, 0.2) is 53.6 Å². The second kappa shape index (κ2) is 9.61. The van der Waals surface area contributed by atoms with Gasteiger partial charge in [0.2, 0.25) is 0 Å². The summed E-state index contributed by atoms with van der Waals surface area (Å²) in [5, 5.41) is 14.8. The molecule has 1 aliphatic rings. The number of nitrogens with zero attached hydrogens (tertiary/aromatic N) is 3. The predicted octanol–water partition coefficient (Wildman–Crippen LogP) is 3.00. The molecule has 31 heavy (non-hydrogen) atoms. The molecule has 0 fully saturated rings. The van der Waals surface area contributed by atoms with Gasteiger partial charge in [0, 0.05) is 25.1 Å². The number of rotatable bonds is 9. The van der Waals surface area contributed by atoms with E-state index in [9.17, 15) is 24.5 Å². The Bertz CT molecular complexity index is 1010. The lowest BCUT2D eigenvalue weighted by Gasteiger charge is -2.14. The molecule has 3 rings (SSSR count). The molecule has 0 saturated heterocycles. The molecule has 0 bridgehead atoms. The van der Waals surface area contributed by atoms with Gasteiger partial charge in [0.25, 0.3) is 17.5 Å².